The zero-order chi connectivity index (χ0) is 25.4. The topological polar surface area (TPSA) is 44.9 Å². The summed E-state index contributed by atoms with van der Waals surface area (Å²) in [7, 11) is 0. The highest BCUT2D eigenvalue weighted by molar-refractivity contribution is 6.31. The molecule has 4 heterocycles. The number of halogens is 2. The number of hydrogen-bond acceptors (Lipinski definition) is 4. The number of fused-ring (bicyclic) bond motifs is 1. The molecule has 8 heteroatoms. The van der Waals surface area contributed by atoms with E-state index in [1.807, 2.05) is 47.4 Å². The molecule has 37 heavy (non-hydrogen) atoms. The van der Waals surface area contributed by atoms with Gasteiger partial charge in [-0.2, -0.15) is 0 Å². The number of benzene rings is 2. The summed E-state index contributed by atoms with van der Waals surface area (Å²) in [5, 5.41) is 1.47. The molecule has 1 saturated heterocycles. The molecular weight excluding hydrogens is 507 g/mol. The molecule has 0 bridgehead atoms. The predicted octanol–water partition coefficient (Wildman–Crippen LogP) is 5.96. The molecule has 1 atom stereocenters. The summed E-state index contributed by atoms with van der Waals surface area (Å²) in [6.45, 7) is 5.13. The number of aromatic nitrogens is 1. The summed E-state index contributed by atoms with van der Waals surface area (Å²) in [5.74, 6) is 1.10. The van der Waals surface area contributed by atoms with E-state index in [9.17, 15) is 4.79 Å². The standard InChI is InChI=1S/C29H28Cl2N4O2/c30-21-5-3-6-22(19-21)32-13-16-34(17-14-32)29(36)27-11-10-23(37-27)20-35-18-15-33-12-4-9-26(33)28(35)24-7-1-2-8-25(24)31/h1-12,19,28H,13-18,20H2. The van der Waals surface area contributed by atoms with Crippen molar-refractivity contribution in [3.8, 4) is 0 Å². The normalized spacial score (nSPS) is 18.2. The van der Waals surface area contributed by atoms with Gasteiger partial charge in [-0.3, -0.25) is 9.69 Å². The minimum absolute atomic E-state index is 0.0151. The van der Waals surface area contributed by atoms with Gasteiger partial charge in [-0.15, -0.1) is 0 Å². The van der Waals surface area contributed by atoms with Gasteiger partial charge in [0.15, 0.2) is 5.76 Å². The highest BCUT2D eigenvalue weighted by Gasteiger charge is 2.31. The van der Waals surface area contributed by atoms with Crippen molar-refractivity contribution < 1.29 is 9.21 Å². The molecule has 0 spiro atoms. The third kappa shape index (κ3) is 4.89. The Labute approximate surface area is 226 Å². The summed E-state index contributed by atoms with van der Waals surface area (Å²) in [5.41, 5.74) is 3.37. The number of rotatable bonds is 5. The molecule has 2 aromatic heterocycles. The summed E-state index contributed by atoms with van der Waals surface area (Å²) < 4.78 is 8.39. The average molecular weight is 535 g/mol. The Morgan fingerprint density at radius 3 is 2.51 bits per heavy atom. The van der Waals surface area contributed by atoms with Crippen molar-refractivity contribution in [3.63, 3.8) is 0 Å². The second kappa shape index (κ2) is 10.3. The first kappa shape index (κ1) is 24.2. The number of nitrogens with zero attached hydrogens (tertiary/aromatic N) is 4. The van der Waals surface area contributed by atoms with Gasteiger partial charge in [-0.1, -0.05) is 47.5 Å². The second-order valence-corrected chi connectivity index (χ2v) is 10.4. The average Bonchev–Trinajstić information content (AvgIpc) is 3.59. The van der Waals surface area contributed by atoms with E-state index in [1.165, 1.54) is 5.69 Å². The van der Waals surface area contributed by atoms with Gasteiger partial charge < -0.3 is 18.8 Å². The van der Waals surface area contributed by atoms with Gasteiger partial charge in [0.1, 0.15) is 5.76 Å². The van der Waals surface area contributed by atoms with Crippen molar-refractivity contribution in [1.29, 1.82) is 0 Å². The monoisotopic (exact) mass is 534 g/mol. The Hall–Kier alpha value is -3.19. The van der Waals surface area contributed by atoms with Crippen molar-refractivity contribution in [2.75, 3.05) is 37.6 Å². The van der Waals surface area contributed by atoms with Crippen LogP contribution in [0, 0.1) is 0 Å². The molecule has 6 rings (SSSR count). The van der Waals surface area contributed by atoms with E-state index in [-0.39, 0.29) is 11.9 Å². The summed E-state index contributed by atoms with van der Waals surface area (Å²) in [6.07, 6.45) is 2.12. The van der Waals surface area contributed by atoms with E-state index in [1.54, 1.807) is 6.07 Å². The molecule has 4 aromatic rings. The van der Waals surface area contributed by atoms with Crippen molar-refractivity contribution in [1.82, 2.24) is 14.4 Å². The summed E-state index contributed by atoms with van der Waals surface area (Å²) in [6, 6.07) is 23.8. The number of furan rings is 1. The molecular formula is C29H28Cl2N4O2. The van der Waals surface area contributed by atoms with Gasteiger partial charge >= 0.3 is 0 Å². The Morgan fingerprint density at radius 1 is 0.865 bits per heavy atom. The number of carbonyl (C=O) groups is 1. The van der Waals surface area contributed by atoms with Gasteiger partial charge in [-0.05, 0) is 54.1 Å². The van der Waals surface area contributed by atoms with Crippen LogP contribution in [0.1, 0.15) is 33.6 Å². The first-order chi connectivity index (χ1) is 18.1. The number of carbonyl (C=O) groups excluding carboxylic acids is 1. The Balaban J connectivity index is 1.15. The highest BCUT2D eigenvalue weighted by Crippen LogP contribution is 2.37. The van der Waals surface area contributed by atoms with Gasteiger partial charge in [0.25, 0.3) is 5.91 Å². The molecule has 0 radical (unpaired) electrons. The minimum Gasteiger partial charge on any atom is -0.455 e. The lowest BCUT2D eigenvalue weighted by atomic mass is 9.99. The van der Waals surface area contributed by atoms with E-state index in [0.29, 0.717) is 25.4 Å². The van der Waals surface area contributed by atoms with Crippen molar-refractivity contribution in [2.24, 2.45) is 0 Å². The predicted molar refractivity (Wildman–Crippen MR) is 146 cm³/mol. The molecule has 2 aromatic carbocycles. The van der Waals surface area contributed by atoms with Crippen LogP contribution in [0.2, 0.25) is 10.0 Å². The maximum atomic E-state index is 13.2. The maximum Gasteiger partial charge on any atom is 0.289 e. The number of piperazine rings is 1. The third-order valence-electron chi connectivity index (χ3n) is 7.31. The minimum atomic E-state index is -0.0628. The van der Waals surface area contributed by atoms with E-state index in [0.717, 1.165) is 53.2 Å². The van der Waals surface area contributed by atoms with Crippen LogP contribution in [0.3, 0.4) is 0 Å². The number of amides is 1. The van der Waals surface area contributed by atoms with Crippen molar-refractivity contribution in [3.05, 3.63) is 112 Å². The van der Waals surface area contributed by atoms with Crippen LogP contribution in [0.5, 0.6) is 0 Å². The Morgan fingerprint density at radius 2 is 1.70 bits per heavy atom. The molecule has 2 aliphatic heterocycles. The fourth-order valence-electron chi connectivity index (χ4n) is 5.43. The first-order valence-corrected chi connectivity index (χ1v) is 13.3. The lowest BCUT2D eigenvalue weighted by molar-refractivity contribution is 0.0709. The lowest BCUT2D eigenvalue weighted by Crippen LogP contribution is -2.48. The Kier molecular flexibility index (Phi) is 6.72. The van der Waals surface area contributed by atoms with Gasteiger partial charge in [-0.25, -0.2) is 0 Å². The summed E-state index contributed by atoms with van der Waals surface area (Å²) in [4.78, 5) is 19.7. The molecule has 190 valence electrons. The third-order valence-corrected chi connectivity index (χ3v) is 7.89. The first-order valence-electron chi connectivity index (χ1n) is 12.6. The van der Waals surface area contributed by atoms with Crippen LogP contribution >= 0.6 is 23.2 Å². The smallest absolute Gasteiger partial charge is 0.289 e. The van der Waals surface area contributed by atoms with E-state index < -0.39 is 0 Å². The summed E-state index contributed by atoms with van der Waals surface area (Å²) >= 11 is 12.8. The molecule has 1 fully saturated rings. The van der Waals surface area contributed by atoms with E-state index in [4.69, 9.17) is 27.6 Å². The van der Waals surface area contributed by atoms with E-state index >= 15 is 0 Å². The van der Waals surface area contributed by atoms with Crippen molar-refractivity contribution in [2.45, 2.75) is 19.1 Å². The quantitative estimate of drug-likeness (QED) is 0.317. The zero-order valence-corrected chi connectivity index (χ0v) is 21.9. The lowest BCUT2D eigenvalue weighted by Gasteiger charge is -2.37. The molecule has 0 aliphatic carbocycles. The fraction of sp³-hybridized carbons (Fsp3) is 0.276. The second-order valence-electron chi connectivity index (χ2n) is 9.55. The van der Waals surface area contributed by atoms with Crippen LogP contribution in [0.4, 0.5) is 5.69 Å². The fourth-order valence-corrected chi connectivity index (χ4v) is 5.85. The van der Waals surface area contributed by atoms with Crippen LogP contribution in [0.25, 0.3) is 0 Å². The molecule has 1 unspecified atom stereocenters. The van der Waals surface area contributed by atoms with Crippen LogP contribution in [-0.4, -0.2) is 53.0 Å². The Bertz CT molecular complexity index is 1410. The van der Waals surface area contributed by atoms with Crippen LogP contribution in [0.15, 0.2) is 83.4 Å². The molecule has 6 nitrogen and oxygen atoms in total. The zero-order valence-electron chi connectivity index (χ0n) is 20.4. The van der Waals surface area contributed by atoms with Gasteiger partial charge in [0.2, 0.25) is 0 Å². The van der Waals surface area contributed by atoms with Crippen molar-refractivity contribution >= 4 is 34.8 Å². The largest absolute Gasteiger partial charge is 0.455 e. The molecule has 2 aliphatic rings. The molecule has 0 N–H and O–H groups in total. The van der Waals surface area contributed by atoms with Gasteiger partial charge in [0, 0.05) is 66.9 Å². The number of hydrogen-bond donors (Lipinski definition) is 0. The maximum absolute atomic E-state index is 13.2. The highest BCUT2D eigenvalue weighted by atomic mass is 35.5. The number of anilines is 1. The van der Waals surface area contributed by atoms with E-state index in [2.05, 4.69) is 44.8 Å². The van der Waals surface area contributed by atoms with Crippen LogP contribution in [-0.2, 0) is 13.1 Å². The van der Waals surface area contributed by atoms with Crippen LogP contribution < -0.4 is 4.90 Å². The SMILES string of the molecule is O=C(c1ccc(CN2CCn3cccc3C2c2ccccc2Cl)o1)N1CCN(c2cccc(Cl)c2)CC1. The molecule has 1 amide bonds. The van der Waals surface area contributed by atoms with Gasteiger partial charge in [0.05, 0.1) is 12.6 Å². The molecule has 0 saturated carbocycles.